The number of piperidine rings is 1. The van der Waals surface area contributed by atoms with Gasteiger partial charge in [0, 0.05) is 24.4 Å². The topological polar surface area (TPSA) is 15.3 Å². The van der Waals surface area contributed by atoms with Crippen molar-refractivity contribution in [2.45, 2.75) is 50.6 Å². The molecule has 17 heavy (non-hydrogen) atoms. The Labute approximate surface area is 110 Å². The number of fused-ring (bicyclic) bond motifs is 1. The molecule has 3 rings (SSSR count). The first-order chi connectivity index (χ1) is 8.42. The van der Waals surface area contributed by atoms with E-state index in [2.05, 4.69) is 22.0 Å². The van der Waals surface area contributed by atoms with Gasteiger partial charge in [0.15, 0.2) is 0 Å². The van der Waals surface area contributed by atoms with Gasteiger partial charge in [-0.15, -0.1) is 0 Å². The van der Waals surface area contributed by atoms with Gasteiger partial charge in [0.2, 0.25) is 0 Å². The minimum Gasteiger partial charge on any atom is -0.313 e. The summed E-state index contributed by atoms with van der Waals surface area (Å²) in [6.45, 7) is 3.95. The van der Waals surface area contributed by atoms with Crippen molar-refractivity contribution in [2.75, 3.05) is 31.1 Å². The van der Waals surface area contributed by atoms with E-state index < -0.39 is 0 Å². The maximum Gasteiger partial charge on any atom is 0.0111 e. The fourth-order valence-corrected chi connectivity index (χ4v) is 4.38. The molecule has 0 radical (unpaired) electrons. The van der Waals surface area contributed by atoms with Gasteiger partial charge in [-0.25, -0.2) is 0 Å². The number of rotatable bonds is 6. The summed E-state index contributed by atoms with van der Waals surface area (Å²) in [5.74, 6) is 3.83. The summed E-state index contributed by atoms with van der Waals surface area (Å²) < 4.78 is 0. The molecular weight excluding hydrogens is 228 g/mol. The van der Waals surface area contributed by atoms with E-state index in [1.807, 2.05) is 0 Å². The van der Waals surface area contributed by atoms with Crippen molar-refractivity contribution in [1.82, 2.24) is 10.2 Å². The Kier molecular flexibility index (Phi) is 4.30. The molecule has 1 aliphatic carbocycles. The van der Waals surface area contributed by atoms with Crippen molar-refractivity contribution in [1.29, 1.82) is 0 Å². The van der Waals surface area contributed by atoms with Gasteiger partial charge < -0.3 is 10.2 Å². The van der Waals surface area contributed by atoms with E-state index in [0.717, 1.165) is 18.0 Å². The summed E-state index contributed by atoms with van der Waals surface area (Å²) in [7, 11) is 0. The van der Waals surface area contributed by atoms with E-state index in [1.165, 1.54) is 69.7 Å². The van der Waals surface area contributed by atoms with Crippen molar-refractivity contribution in [2.24, 2.45) is 5.92 Å². The van der Waals surface area contributed by atoms with Crippen LogP contribution >= 0.6 is 11.8 Å². The zero-order valence-electron chi connectivity index (χ0n) is 10.9. The summed E-state index contributed by atoms with van der Waals surface area (Å²) in [6.07, 6.45) is 8.68. The average molecular weight is 254 g/mol. The molecule has 0 aromatic rings. The normalized spacial score (nSPS) is 33.9. The monoisotopic (exact) mass is 254 g/mol. The van der Waals surface area contributed by atoms with Crippen molar-refractivity contribution < 1.29 is 0 Å². The Morgan fingerprint density at radius 3 is 2.94 bits per heavy atom. The number of nitrogens with zero attached hydrogens (tertiary/aromatic N) is 1. The standard InChI is InChI=1S/C14H26N2S/c1-2-14-10-13(5-8-16(14)7-1)15-6-9-17-11-12-3-4-12/h12-15H,1-11H2/t13-,14-/m1/s1. The van der Waals surface area contributed by atoms with Gasteiger partial charge in [-0.3, -0.25) is 0 Å². The van der Waals surface area contributed by atoms with Gasteiger partial charge in [0.1, 0.15) is 0 Å². The van der Waals surface area contributed by atoms with Crippen LogP contribution in [0, 0.1) is 5.92 Å². The highest BCUT2D eigenvalue weighted by Crippen LogP contribution is 2.32. The molecular formula is C14H26N2S. The predicted molar refractivity (Wildman–Crippen MR) is 75.7 cm³/mol. The lowest BCUT2D eigenvalue weighted by Gasteiger charge is -2.35. The highest BCUT2D eigenvalue weighted by atomic mass is 32.2. The van der Waals surface area contributed by atoms with Crippen molar-refractivity contribution in [3.8, 4) is 0 Å². The van der Waals surface area contributed by atoms with Crippen LogP contribution in [0.2, 0.25) is 0 Å². The largest absolute Gasteiger partial charge is 0.313 e. The van der Waals surface area contributed by atoms with Crippen LogP contribution in [0.15, 0.2) is 0 Å². The fraction of sp³-hybridized carbons (Fsp3) is 1.00. The molecule has 0 aromatic carbocycles. The van der Waals surface area contributed by atoms with Crippen LogP contribution in [0.3, 0.4) is 0 Å². The van der Waals surface area contributed by atoms with E-state index in [0.29, 0.717) is 0 Å². The molecule has 3 aliphatic rings. The number of thioether (sulfide) groups is 1. The van der Waals surface area contributed by atoms with E-state index >= 15 is 0 Å². The summed E-state index contributed by atoms with van der Waals surface area (Å²) >= 11 is 2.16. The SMILES string of the molecule is C1C[C@@H]2C[C@H](NCCSCC3CC3)CCN2C1. The first-order valence-corrected chi connectivity index (χ1v) is 8.62. The molecule has 3 fully saturated rings. The highest BCUT2D eigenvalue weighted by Gasteiger charge is 2.31. The highest BCUT2D eigenvalue weighted by molar-refractivity contribution is 7.99. The number of hydrogen-bond acceptors (Lipinski definition) is 3. The van der Waals surface area contributed by atoms with E-state index in [-0.39, 0.29) is 0 Å². The van der Waals surface area contributed by atoms with Crippen LogP contribution in [-0.4, -0.2) is 48.1 Å². The van der Waals surface area contributed by atoms with Crippen molar-refractivity contribution in [3.63, 3.8) is 0 Å². The Balaban J connectivity index is 1.27. The van der Waals surface area contributed by atoms with Gasteiger partial charge in [0.25, 0.3) is 0 Å². The van der Waals surface area contributed by atoms with Crippen LogP contribution < -0.4 is 5.32 Å². The molecule has 3 heteroatoms. The molecule has 2 saturated heterocycles. The quantitative estimate of drug-likeness (QED) is 0.733. The number of hydrogen-bond donors (Lipinski definition) is 1. The second-order valence-electron chi connectivity index (χ2n) is 6.03. The van der Waals surface area contributed by atoms with Crippen LogP contribution in [0.1, 0.15) is 38.5 Å². The zero-order chi connectivity index (χ0) is 11.5. The molecule has 1 saturated carbocycles. The lowest BCUT2D eigenvalue weighted by atomic mass is 9.98. The second kappa shape index (κ2) is 5.94. The van der Waals surface area contributed by atoms with Gasteiger partial charge in [-0.05, 0) is 63.3 Å². The minimum atomic E-state index is 0.816. The Hall–Kier alpha value is 0.270. The maximum absolute atomic E-state index is 3.78. The van der Waals surface area contributed by atoms with Crippen LogP contribution in [0.25, 0.3) is 0 Å². The molecule has 98 valence electrons. The predicted octanol–water partition coefficient (Wildman–Crippen LogP) is 2.35. The lowest BCUT2D eigenvalue weighted by molar-refractivity contribution is 0.168. The first-order valence-electron chi connectivity index (χ1n) is 7.47. The molecule has 0 aromatic heterocycles. The number of nitrogens with one attached hydrogen (secondary N) is 1. The summed E-state index contributed by atoms with van der Waals surface area (Å²) in [5.41, 5.74) is 0. The smallest absolute Gasteiger partial charge is 0.0111 e. The molecule has 0 unspecified atom stereocenters. The third-order valence-corrected chi connectivity index (χ3v) is 5.75. The maximum atomic E-state index is 3.78. The third-order valence-electron chi connectivity index (χ3n) is 4.55. The van der Waals surface area contributed by atoms with Gasteiger partial charge in [-0.2, -0.15) is 11.8 Å². The lowest BCUT2D eigenvalue weighted by Crippen LogP contribution is -2.46. The van der Waals surface area contributed by atoms with Crippen LogP contribution in [0.5, 0.6) is 0 Å². The van der Waals surface area contributed by atoms with Gasteiger partial charge in [-0.1, -0.05) is 0 Å². The van der Waals surface area contributed by atoms with Gasteiger partial charge >= 0.3 is 0 Å². The summed E-state index contributed by atoms with van der Waals surface area (Å²) in [5, 5.41) is 3.78. The molecule has 0 bridgehead atoms. The Bertz CT molecular complexity index is 242. The Morgan fingerprint density at radius 2 is 2.06 bits per heavy atom. The molecule has 2 heterocycles. The van der Waals surface area contributed by atoms with Crippen molar-refractivity contribution >= 4 is 11.8 Å². The Morgan fingerprint density at radius 1 is 1.12 bits per heavy atom. The first kappa shape index (κ1) is 12.3. The fourth-order valence-electron chi connectivity index (χ4n) is 3.28. The molecule has 0 spiro atoms. The van der Waals surface area contributed by atoms with Gasteiger partial charge in [0.05, 0.1) is 0 Å². The van der Waals surface area contributed by atoms with Crippen LogP contribution in [-0.2, 0) is 0 Å². The van der Waals surface area contributed by atoms with E-state index in [4.69, 9.17) is 0 Å². The zero-order valence-corrected chi connectivity index (χ0v) is 11.7. The molecule has 2 nitrogen and oxygen atoms in total. The van der Waals surface area contributed by atoms with Crippen molar-refractivity contribution in [3.05, 3.63) is 0 Å². The van der Waals surface area contributed by atoms with Crippen LogP contribution in [0.4, 0.5) is 0 Å². The molecule has 1 N–H and O–H groups in total. The third kappa shape index (κ3) is 3.62. The average Bonchev–Trinajstić information content (AvgIpc) is 3.05. The summed E-state index contributed by atoms with van der Waals surface area (Å²) in [4.78, 5) is 2.71. The molecule has 2 aliphatic heterocycles. The molecule has 2 atom stereocenters. The van der Waals surface area contributed by atoms with E-state index in [9.17, 15) is 0 Å². The summed E-state index contributed by atoms with van der Waals surface area (Å²) in [6, 6.07) is 1.73. The minimum absolute atomic E-state index is 0.816. The van der Waals surface area contributed by atoms with E-state index in [1.54, 1.807) is 0 Å². The molecule has 0 amide bonds. The second-order valence-corrected chi connectivity index (χ2v) is 7.18.